The smallest absolute Gasteiger partial charge is 0.367 e. The maximum atomic E-state index is 14.6. The molecular formula is C21H23ClF4N2S. The van der Waals surface area contributed by atoms with E-state index in [2.05, 4.69) is 4.90 Å². The Morgan fingerprint density at radius 3 is 2.31 bits per heavy atom. The van der Waals surface area contributed by atoms with E-state index in [1.54, 1.807) is 13.0 Å². The van der Waals surface area contributed by atoms with Gasteiger partial charge in [-0.15, -0.1) is 11.8 Å². The third-order valence-electron chi connectivity index (χ3n) is 4.92. The second kappa shape index (κ2) is 9.58. The fourth-order valence-corrected chi connectivity index (χ4v) is 4.47. The predicted molar refractivity (Wildman–Crippen MR) is 111 cm³/mol. The van der Waals surface area contributed by atoms with Gasteiger partial charge in [0.25, 0.3) is 0 Å². The zero-order valence-electron chi connectivity index (χ0n) is 16.1. The lowest BCUT2D eigenvalue weighted by Gasteiger charge is -2.36. The van der Waals surface area contributed by atoms with Crippen molar-refractivity contribution in [2.45, 2.75) is 31.0 Å². The zero-order valence-corrected chi connectivity index (χ0v) is 17.7. The first-order chi connectivity index (χ1) is 13.7. The van der Waals surface area contributed by atoms with E-state index in [-0.39, 0.29) is 11.6 Å². The number of hydrogen-bond donors (Lipinski definition) is 0. The summed E-state index contributed by atoms with van der Waals surface area (Å²) in [5.74, 6) is -0.390. The first-order valence-corrected chi connectivity index (χ1v) is 10.8. The summed E-state index contributed by atoms with van der Waals surface area (Å²) >= 11 is 7.05. The first-order valence-electron chi connectivity index (χ1n) is 9.43. The molecule has 0 bridgehead atoms. The van der Waals surface area contributed by atoms with E-state index in [4.69, 9.17) is 11.6 Å². The molecule has 3 rings (SSSR count). The highest BCUT2D eigenvalue weighted by molar-refractivity contribution is 7.99. The van der Waals surface area contributed by atoms with Gasteiger partial charge >= 0.3 is 6.18 Å². The van der Waals surface area contributed by atoms with Crippen LogP contribution in [0.4, 0.5) is 23.2 Å². The lowest BCUT2D eigenvalue weighted by molar-refractivity contribution is -0.129. The van der Waals surface area contributed by atoms with Crippen LogP contribution >= 0.6 is 23.4 Å². The Hall–Kier alpha value is -1.44. The monoisotopic (exact) mass is 446 g/mol. The second-order valence-corrected chi connectivity index (χ2v) is 8.75. The van der Waals surface area contributed by atoms with Gasteiger partial charge in [-0.1, -0.05) is 23.7 Å². The van der Waals surface area contributed by atoms with E-state index in [0.29, 0.717) is 34.3 Å². The number of nitrogens with zero attached hydrogens (tertiary/aromatic N) is 2. The molecule has 2 nitrogen and oxygen atoms in total. The molecule has 0 spiro atoms. The number of aryl methyl sites for hydroxylation is 1. The van der Waals surface area contributed by atoms with E-state index in [1.165, 1.54) is 11.6 Å². The van der Waals surface area contributed by atoms with Crippen LogP contribution in [0.15, 0.2) is 41.3 Å². The summed E-state index contributed by atoms with van der Waals surface area (Å²) in [4.78, 5) is 4.97. The number of piperazine rings is 1. The number of hydrogen-bond acceptors (Lipinski definition) is 3. The molecule has 2 aromatic rings. The molecular weight excluding hydrogens is 424 g/mol. The Kier molecular flexibility index (Phi) is 7.35. The number of alkyl halides is 3. The van der Waals surface area contributed by atoms with Crippen molar-refractivity contribution in [3.8, 4) is 0 Å². The molecule has 0 aliphatic carbocycles. The van der Waals surface area contributed by atoms with Crippen molar-refractivity contribution in [2.75, 3.05) is 36.8 Å². The summed E-state index contributed by atoms with van der Waals surface area (Å²) in [6.07, 6.45) is -5.03. The first kappa shape index (κ1) is 22.2. The fourth-order valence-electron chi connectivity index (χ4n) is 3.31. The molecule has 0 radical (unpaired) electrons. The molecule has 8 heteroatoms. The lowest BCUT2D eigenvalue weighted by Crippen LogP contribution is -2.46. The Balaban J connectivity index is 1.60. The van der Waals surface area contributed by atoms with Gasteiger partial charge in [0, 0.05) is 48.4 Å². The van der Waals surface area contributed by atoms with Crippen molar-refractivity contribution in [2.24, 2.45) is 0 Å². The Labute approximate surface area is 177 Å². The van der Waals surface area contributed by atoms with Gasteiger partial charge in [-0.2, -0.15) is 13.2 Å². The van der Waals surface area contributed by atoms with Gasteiger partial charge in [0.2, 0.25) is 0 Å². The van der Waals surface area contributed by atoms with Crippen LogP contribution in [0.1, 0.15) is 17.5 Å². The molecule has 0 atom stereocenters. The molecule has 2 aromatic carbocycles. The predicted octanol–water partition coefficient (Wildman–Crippen LogP) is 6.15. The Bertz CT molecular complexity index is 819. The number of halogens is 5. The zero-order chi connectivity index (χ0) is 21.0. The summed E-state index contributed by atoms with van der Waals surface area (Å²) in [5, 5.41) is 0.706. The van der Waals surface area contributed by atoms with Crippen LogP contribution < -0.4 is 4.90 Å². The molecule has 1 heterocycles. The molecule has 29 heavy (non-hydrogen) atoms. The minimum absolute atomic E-state index is 0.0652. The normalized spacial score (nSPS) is 15.7. The van der Waals surface area contributed by atoms with Crippen molar-refractivity contribution in [1.82, 2.24) is 4.90 Å². The van der Waals surface area contributed by atoms with Crippen LogP contribution in [0.25, 0.3) is 0 Å². The lowest BCUT2D eigenvalue weighted by atomic mass is 10.1. The maximum absolute atomic E-state index is 14.6. The Morgan fingerprint density at radius 2 is 1.69 bits per heavy atom. The molecule has 0 N–H and O–H groups in total. The molecule has 1 aliphatic rings. The van der Waals surface area contributed by atoms with Gasteiger partial charge < -0.3 is 4.90 Å². The topological polar surface area (TPSA) is 6.48 Å². The summed E-state index contributed by atoms with van der Waals surface area (Å²) in [5.41, 5.74) is 2.31. The molecule has 0 amide bonds. The van der Waals surface area contributed by atoms with Gasteiger partial charge in [-0.05, 0) is 42.3 Å². The average molecular weight is 447 g/mol. The van der Waals surface area contributed by atoms with Crippen LogP contribution in [-0.4, -0.2) is 43.0 Å². The quantitative estimate of drug-likeness (QED) is 0.388. The minimum atomic E-state index is -4.18. The SMILES string of the molecule is Cc1cc(F)c(N2CCN(Cc3ccc(Cl)cc3)CC2)cc1SCCC(F)(F)F. The molecule has 158 valence electrons. The molecule has 0 saturated carbocycles. The summed E-state index contributed by atoms with van der Waals surface area (Å²) in [6.45, 7) is 5.44. The van der Waals surface area contributed by atoms with Crippen molar-refractivity contribution in [3.63, 3.8) is 0 Å². The van der Waals surface area contributed by atoms with Crippen LogP contribution in [0, 0.1) is 12.7 Å². The van der Waals surface area contributed by atoms with E-state index >= 15 is 0 Å². The van der Waals surface area contributed by atoms with E-state index in [0.717, 1.165) is 31.4 Å². The summed E-state index contributed by atoms with van der Waals surface area (Å²) in [7, 11) is 0. The van der Waals surface area contributed by atoms with Gasteiger partial charge in [0.05, 0.1) is 12.1 Å². The van der Waals surface area contributed by atoms with Gasteiger partial charge in [-0.25, -0.2) is 4.39 Å². The van der Waals surface area contributed by atoms with E-state index in [9.17, 15) is 17.6 Å². The third-order valence-corrected chi connectivity index (χ3v) is 6.33. The highest BCUT2D eigenvalue weighted by atomic mass is 35.5. The van der Waals surface area contributed by atoms with Crippen molar-refractivity contribution in [1.29, 1.82) is 0 Å². The number of benzene rings is 2. The maximum Gasteiger partial charge on any atom is 0.389 e. The standard InChI is InChI=1S/C21H23ClF4N2S/c1-15-12-18(23)19(13-20(15)29-11-6-21(24,25)26)28-9-7-27(8-10-28)14-16-2-4-17(22)5-3-16/h2-5,12-13H,6-11,14H2,1H3. The summed E-state index contributed by atoms with van der Waals surface area (Å²) < 4.78 is 51.8. The van der Waals surface area contributed by atoms with Crippen LogP contribution in [-0.2, 0) is 6.54 Å². The van der Waals surface area contributed by atoms with Crippen molar-refractivity contribution >= 4 is 29.1 Å². The Morgan fingerprint density at radius 1 is 1.03 bits per heavy atom. The van der Waals surface area contributed by atoms with E-state index in [1.807, 2.05) is 29.2 Å². The van der Waals surface area contributed by atoms with Crippen LogP contribution in [0.5, 0.6) is 0 Å². The van der Waals surface area contributed by atoms with Gasteiger partial charge in [-0.3, -0.25) is 4.90 Å². The molecule has 0 unspecified atom stereocenters. The molecule has 1 fully saturated rings. The number of anilines is 1. The van der Waals surface area contributed by atoms with Gasteiger partial charge in [0.1, 0.15) is 5.82 Å². The highest BCUT2D eigenvalue weighted by Gasteiger charge is 2.27. The van der Waals surface area contributed by atoms with Crippen molar-refractivity contribution < 1.29 is 17.6 Å². The molecule has 1 saturated heterocycles. The second-order valence-electron chi connectivity index (χ2n) is 7.17. The average Bonchev–Trinajstić information content (AvgIpc) is 2.65. The van der Waals surface area contributed by atoms with Gasteiger partial charge in [0.15, 0.2) is 0 Å². The van der Waals surface area contributed by atoms with E-state index < -0.39 is 12.6 Å². The van der Waals surface area contributed by atoms with Crippen LogP contribution in [0.2, 0.25) is 5.02 Å². The third kappa shape index (κ3) is 6.52. The highest BCUT2D eigenvalue weighted by Crippen LogP contribution is 2.33. The largest absolute Gasteiger partial charge is 0.389 e. The number of rotatable bonds is 6. The fraction of sp³-hybridized carbons (Fsp3) is 0.429. The van der Waals surface area contributed by atoms with Crippen LogP contribution in [0.3, 0.4) is 0 Å². The minimum Gasteiger partial charge on any atom is -0.367 e. The number of thioether (sulfide) groups is 1. The summed E-state index contributed by atoms with van der Waals surface area (Å²) in [6, 6.07) is 10.9. The van der Waals surface area contributed by atoms with Crippen molar-refractivity contribution in [3.05, 3.63) is 58.4 Å². The molecule has 1 aliphatic heterocycles. The molecule has 0 aromatic heterocycles.